The Morgan fingerprint density at radius 3 is 2.00 bits per heavy atom. The molecular formula is C11H21O3P. The zero-order valence-corrected chi connectivity index (χ0v) is 10.8. The summed E-state index contributed by atoms with van der Waals surface area (Å²) in [6.45, 7) is 6.10. The van der Waals surface area contributed by atoms with Gasteiger partial charge in [0.15, 0.2) is 0 Å². The highest BCUT2D eigenvalue weighted by atomic mass is 31.1. The van der Waals surface area contributed by atoms with Crippen molar-refractivity contribution in [2.24, 2.45) is 5.41 Å². The third kappa shape index (κ3) is 5.27. The van der Waals surface area contributed by atoms with Crippen molar-refractivity contribution in [2.45, 2.75) is 59.3 Å². The van der Waals surface area contributed by atoms with E-state index >= 15 is 0 Å². The molecule has 88 valence electrons. The fourth-order valence-electron chi connectivity index (χ4n) is 1.61. The second kappa shape index (κ2) is 7.81. The van der Waals surface area contributed by atoms with Gasteiger partial charge in [-0.1, -0.05) is 39.5 Å². The molecule has 0 bridgehead atoms. The maximum atomic E-state index is 11.6. The Bertz CT molecular complexity index is 196. The van der Waals surface area contributed by atoms with Crippen LogP contribution in [0.4, 0.5) is 0 Å². The standard InChI is InChI=1S/C11H21O3P/c1-4-6-8-11(3,9-7-5-2)10(12)14-15-13/h4-9H2,1-3H3. The first-order valence-electron chi connectivity index (χ1n) is 5.64. The van der Waals surface area contributed by atoms with Gasteiger partial charge in [0.05, 0.1) is 5.41 Å². The molecule has 4 heteroatoms. The maximum absolute atomic E-state index is 11.6. The second-order valence-corrected chi connectivity index (χ2v) is 4.55. The van der Waals surface area contributed by atoms with Gasteiger partial charge in [-0.05, 0) is 19.8 Å². The van der Waals surface area contributed by atoms with Crippen LogP contribution >= 0.6 is 8.69 Å². The first kappa shape index (κ1) is 14.6. The smallest absolute Gasteiger partial charge is 0.372 e. The molecule has 0 heterocycles. The normalized spacial score (nSPS) is 11.7. The fraction of sp³-hybridized carbons (Fsp3) is 0.909. The van der Waals surface area contributed by atoms with Gasteiger partial charge in [-0.15, -0.1) is 0 Å². The number of unbranched alkanes of at least 4 members (excludes halogenated alkanes) is 2. The highest BCUT2D eigenvalue weighted by molar-refractivity contribution is 7.18. The Kier molecular flexibility index (Phi) is 7.59. The van der Waals surface area contributed by atoms with Crippen molar-refractivity contribution in [1.29, 1.82) is 0 Å². The number of rotatable bonds is 8. The summed E-state index contributed by atoms with van der Waals surface area (Å²) in [4.78, 5) is 11.6. The molecule has 0 amide bonds. The average molecular weight is 232 g/mol. The summed E-state index contributed by atoms with van der Waals surface area (Å²) in [5.41, 5.74) is -0.455. The molecule has 0 fully saturated rings. The molecular weight excluding hydrogens is 211 g/mol. The SMILES string of the molecule is CCCCC(C)(CCCC)C(=O)OP=O. The molecule has 15 heavy (non-hydrogen) atoms. The van der Waals surface area contributed by atoms with Gasteiger partial charge < -0.3 is 4.52 Å². The highest BCUT2D eigenvalue weighted by Gasteiger charge is 2.33. The van der Waals surface area contributed by atoms with E-state index in [9.17, 15) is 9.36 Å². The van der Waals surface area contributed by atoms with Crippen LogP contribution in [-0.4, -0.2) is 5.97 Å². The lowest BCUT2D eigenvalue weighted by Crippen LogP contribution is -2.28. The number of carbonyl (C=O) groups is 1. The molecule has 0 N–H and O–H groups in total. The van der Waals surface area contributed by atoms with E-state index in [2.05, 4.69) is 18.4 Å². The van der Waals surface area contributed by atoms with Crippen LogP contribution in [0.1, 0.15) is 59.3 Å². The lowest BCUT2D eigenvalue weighted by molar-refractivity contribution is -0.145. The zero-order valence-electron chi connectivity index (χ0n) is 9.91. The summed E-state index contributed by atoms with van der Waals surface area (Å²) in [6, 6.07) is 0. The Hall–Kier alpha value is -0.430. The minimum atomic E-state index is -0.537. The monoisotopic (exact) mass is 232 g/mol. The third-order valence-electron chi connectivity index (χ3n) is 2.78. The Labute approximate surface area is 93.9 Å². The maximum Gasteiger partial charge on any atom is 0.398 e. The third-order valence-corrected chi connectivity index (χ3v) is 3.02. The summed E-state index contributed by atoms with van der Waals surface area (Å²) in [5.74, 6) is -0.332. The minimum absolute atomic E-state index is 0.332. The summed E-state index contributed by atoms with van der Waals surface area (Å²) in [7, 11) is -0.537. The van der Waals surface area contributed by atoms with Crippen molar-refractivity contribution < 1.29 is 13.9 Å². The van der Waals surface area contributed by atoms with Crippen LogP contribution in [0.3, 0.4) is 0 Å². The van der Waals surface area contributed by atoms with Crippen LogP contribution in [0.5, 0.6) is 0 Å². The van der Waals surface area contributed by atoms with Crippen LogP contribution in [0.15, 0.2) is 0 Å². The van der Waals surface area contributed by atoms with Crippen molar-refractivity contribution in [3.8, 4) is 0 Å². The van der Waals surface area contributed by atoms with Crippen molar-refractivity contribution in [1.82, 2.24) is 0 Å². The quantitative estimate of drug-likeness (QED) is 0.591. The molecule has 0 aromatic carbocycles. The topological polar surface area (TPSA) is 43.4 Å². The summed E-state index contributed by atoms with van der Waals surface area (Å²) >= 11 is 0. The molecule has 0 aliphatic heterocycles. The van der Waals surface area contributed by atoms with Gasteiger partial charge >= 0.3 is 14.7 Å². The van der Waals surface area contributed by atoms with Crippen LogP contribution in [-0.2, 0) is 13.9 Å². The van der Waals surface area contributed by atoms with Crippen molar-refractivity contribution in [3.05, 3.63) is 0 Å². The Balaban J connectivity index is 4.37. The van der Waals surface area contributed by atoms with Crippen molar-refractivity contribution in [2.75, 3.05) is 0 Å². The van der Waals surface area contributed by atoms with E-state index in [-0.39, 0.29) is 5.97 Å². The van der Waals surface area contributed by atoms with Gasteiger partial charge in [-0.25, -0.2) is 4.57 Å². The second-order valence-electron chi connectivity index (χ2n) is 4.22. The summed E-state index contributed by atoms with van der Waals surface area (Å²) < 4.78 is 14.8. The molecule has 0 unspecified atom stereocenters. The van der Waals surface area contributed by atoms with Crippen molar-refractivity contribution >= 4 is 14.7 Å². The molecule has 0 atom stereocenters. The molecule has 0 aliphatic carbocycles. The number of hydrogen-bond donors (Lipinski definition) is 0. The minimum Gasteiger partial charge on any atom is -0.372 e. The van der Waals surface area contributed by atoms with E-state index in [0.717, 1.165) is 38.5 Å². The Morgan fingerprint density at radius 2 is 1.67 bits per heavy atom. The molecule has 0 rings (SSSR count). The molecule has 0 saturated carbocycles. The fourth-order valence-corrected chi connectivity index (χ4v) is 1.90. The highest BCUT2D eigenvalue weighted by Crippen LogP contribution is 2.33. The number of hydrogen-bond acceptors (Lipinski definition) is 3. The molecule has 0 spiro atoms. The largest absolute Gasteiger partial charge is 0.398 e. The first-order valence-corrected chi connectivity index (χ1v) is 6.38. The molecule has 0 saturated heterocycles. The molecule has 3 nitrogen and oxygen atoms in total. The van der Waals surface area contributed by atoms with Crippen LogP contribution in [0, 0.1) is 5.41 Å². The predicted molar refractivity (Wildman–Crippen MR) is 60.9 cm³/mol. The molecule has 0 aromatic rings. The van der Waals surface area contributed by atoms with Crippen LogP contribution in [0.25, 0.3) is 0 Å². The van der Waals surface area contributed by atoms with Gasteiger partial charge in [-0.2, -0.15) is 0 Å². The lowest BCUT2D eigenvalue weighted by atomic mass is 9.80. The molecule has 0 aliphatic rings. The summed E-state index contributed by atoms with van der Waals surface area (Å²) in [5, 5.41) is 0. The number of carbonyl (C=O) groups excluding carboxylic acids is 1. The van der Waals surface area contributed by atoms with Gasteiger partial charge in [0.2, 0.25) is 0 Å². The first-order chi connectivity index (χ1) is 7.10. The molecule has 0 aromatic heterocycles. The Morgan fingerprint density at radius 1 is 1.20 bits per heavy atom. The van der Waals surface area contributed by atoms with E-state index in [1.54, 1.807) is 0 Å². The average Bonchev–Trinajstić information content (AvgIpc) is 2.24. The summed E-state index contributed by atoms with van der Waals surface area (Å²) in [6.07, 6.45) is 5.76. The van der Waals surface area contributed by atoms with Crippen LogP contribution < -0.4 is 0 Å². The van der Waals surface area contributed by atoms with Gasteiger partial charge in [0.1, 0.15) is 0 Å². The predicted octanol–water partition coefficient (Wildman–Crippen LogP) is 4.12. The molecule has 0 radical (unpaired) electrons. The van der Waals surface area contributed by atoms with Gasteiger partial charge in [0, 0.05) is 0 Å². The van der Waals surface area contributed by atoms with Crippen LogP contribution in [0.2, 0.25) is 0 Å². The zero-order chi connectivity index (χ0) is 11.7. The van der Waals surface area contributed by atoms with E-state index in [1.807, 2.05) is 6.92 Å². The van der Waals surface area contributed by atoms with E-state index in [4.69, 9.17) is 0 Å². The van der Waals surface area contributed by atoms with Crippen molar-refractivity contribution in [3.63, 3.8) is 0 Å². The lowest BCUT2D eigenvalue weighted by Gasteiger charge is -2.25. The van der Waals surface area contributed by atoms with Gasteiger partial charge in [0.25, 0.3) is 0 Å². The van der Waals surface area contributed by atoms with E-state index in [0.29, 0.717) is 0 Å². The van der Waals surface area contributed by atoms with Gasteiger partial charge in [-0.3, -0.25) is 4.79 Å². The van der Waals surface area contributed by atoms with E-state index in [1.165, 1.54) is 0 Å². The van der Waals surface area contributed by atoms with E-state index < -0.39 is 14.1 Å².